The van der Waals surface area contributed by atoms with Gasteiger partial charge in [-0.15, -0.1) is 0 Å². The number of carbonyl (C=O) groups is 2. The summed E-state index contributed by atoms with van der Waals surface area (Å²) in [6.07, 6.45) is 10.2. The van der Waals surface area contributed by atoms with Gasteiger partial charge in [-0.05, 0) is 77.8 Å². The third kappa shape index (κ3) is 10.9. The Labute approximate surface area is 255 Å². The summed E-state index contributed by atoms with van der Waals surface area (Å²) in [6, 6.07) is 12.7. The van der Waals surface area contributed by atoms with E-state index in [0.717, 1.165) is 46.1 Å². The van der Waals surface area contributed by atoms with Gasteiger partial charge < -0.3 is 20.0 Å². The topological polar surface area (TPSA) is 78.5 Å². The first-order chi connectivity index (χ1) is 18.4. The van der Waals surface area contributed by atoms with Crippen LogP contribution in [0.1, 0.15) is 73.4 Å². The molecular weight excluding hydrogens is 521 g/mol. The zero-order valence-electron chi connectivity index (χ0n) is 24.0. The normalized spacial score (nSPS) is 15.3. The van der Waals surface area contributed by atoms with Crippen LogP contribution in [0.2, 0.25) is 0 Å². The molecule has 0 bridgehead atoms. The summed E-state index contributed by atoms with van der Waals surface area (Å²) in [4.78, 5) is 25.0. The Hall–Kier alpha value is -1.36. The molecule has 0 radical (unpaired) electrons. The Morgan fingerprint density at radius 1 is 1.10 bits per heavy atom. The predicted octanol–water partition coefficient (Wildman–Crippen LogP) is 2.88. The number of ether oxygens (including phenoxy) is 1. The fourth-order valence-corrected chi connectivity index (χ4v) is 6.34. The standard InChI is InChI=1S/C31H43NO4S2.Li/c1-4-38-21-25(18-23-11-6-5-7-12-23)36-20-24-14-15-27(28(19-24)26-13-9-8-10-22(26)2)30(33)32-29(31(34)35)16-17-37-3;/h8-10,13-15,19,23,25,29H,4-7,11-12,16-18,20-21H2,1-3H3,(H,32,33)(H,34,35);/q;+1/p-1/t25?,29-;/m0./s1. The first kappa shape index (κ1) is 33.8. The van der Waals surface area contributed by atoms with E-state index in [-0.39, 0.29) is 25.0 Å². The monoisotopic (exact) mass is 563 g/mol. The second kappa shape index (κ2) is 18.1. The quantitative estimate of drug-likeness (QED) is 0.336. The molecule has 1 fully saturated rings. The summed E-state index contributed by atoms with van der Waals surface area (Å²) >= 11 is 3.47. The summed E-state index contributed by atoms with van der Waals surface area (Å²) in [5.74, 6) is 1.79. The molecule has 0 heterocycles. The van der Waals surface area contributed by atoms with Crippen LogP contribution in [0, 0.1) is 12.8 Å². The van der Waals surface area contributed by atoms with Crippen LogP contribution < -0.4 is 29.3 Å². The summed E-state index contributed by atoms with van der Waals surface area (Å²) in [7, 11) is 0. The van der Waals surface area contributed by atoms with Crippen molar-refractivity contribution in [1.29, 1.82) is 0 Å². The van der Waals surface area contributed by atoms with E-state index >= 15 is 0 Å². The number of thioether (sulfide) groups is 2. The van der Waals surface area contributed by atoms with Crippen molar-refractivity contribution in [3.8, 4) is 11.1 Å². The summed E-state index contributed by atoms with van der Waals surface area (Å²) in [5.41, 5.74) is 4.25. The van der Waals surface area contributed by atoms with Gasteiger partial charge in [0.2, 0.25) is 0 Å². The molecule has 39 heavy (non-hydrogen) atoms. The third-order valence-corrected chi connectivity index (χ3v) is 8.94. The Kier molecular flexibility index (Phi) is 15.7. The summed E-state index contributed by atoms with van der Waals surface area (Å²) in [5, 5.41) is 14.3. The van der Waals surface area contributed by atoms with Gasteiger partial charge in [0, 0.05) is 11.3 Å². The molecule has 2 aromatic rings. The molecule has 1 aliphatic carbocycles. The molecule has 2 atom stereocenters. The molecule has 2 aromatic carbocycles. The first-order valence-corrected chi connectivity index (χ1v) is 16.4. The fraction of sp³-hybridized carbons (Fsp3) is 0.548. The molecular formula is C31H42LiNO4S2. The molecule has 0 spiro atoms. The predicted molar refractivity (Wildman–Crippen MR) is 159 cm³/mol. The second-order valence-electron chi connectivity index (χ2n) is 10.2. The molecule has 1 N–H and O–H groups in total. The van der Waals surface area contributed by atoms with Gasteiger partial charge in [0.15, 0.2) is 0 Å². The SMILES string of the molecule is CCSCC(CC1CCCCC1)OCc1ccc(C(=O)N[C@@H](CCSC)C(=O)[O-])c(-c2ccccc2C)c1.[Li+]. The van der Waals surface area contributed by atoms with Crippen molar-refractivity contribution in [1.82, 2.24) is 5.32 Å². The summed E-state index contributed by atoms with van der Waals surface area (Å²) < 4.78 is 6.49. The second-order valence-corrected chi connectivity index (χ2v) is 12.5. The molecule has 1 amide bonds. The van der Waals surface area contributed by atoms with Crippen LogP contribution in [0.5, 0.6) is 0 Å². The molecule has 1 unspecified atom stereocenters. The van der Waals surface area contributed by atoms with Crippen molar-refractivity contribution in [3.63, 3.8) is 0 Å². The number of benzene rings is 2. The van der Waals surface area contributed by atoms with Crippen LogP contribution in [-0.2, 0) is 16.1 Å². The average molecular weight is 564 g/mol. The van der Waals surface area contributed by atoms with Gasteiger partial charge in [0.1, 0.15) is 0 Å². The Balaban J connectivity index is 0.00000533. The minimum atomic E-state index is -1.26. The zero-order valence-corrected chi connectivity index (χ0v) is 25.6. The van der Waals surface area contributed by atoms with Crippen LogP contribution in [0.4, 0.5) is 0 Å². The Morgan fingerprint density at radius 3 is 2.51 bits per heavy atom. The number of rotatable bonds is 15. The summed E-state index contributed by atoms with van der Waals surface area (Å²) in [6.45, 7) is 4.69. The fourth-order valence-electron chi connectivity index (χ4n) is 5.14. The van der Waals surface area contributed by atoms with Crippen LogP contribution in [0.15, 0.2) is 42.5 Å². The maximum absolute atomic E-state index is 13.3. The molecule has 5 nitrogen and oxygen atoms in total. The number of amides is 1. The van der Waals surface area contributed by atoms with Crippen LogP contribution in [0.3, 0.4) is 0 Å². The number of nitrogens with one attached hydrogen (secondary N) is 1. The van der Waals surface area contributed by atoms with E-state index in [2.05, 4.69) is 12.2 Å². The smallest absolute Gasteiger partial charge is 0.548 e. The van der Waals surface area contributed by atoms with Gasteiger partial charge in [-0.1, -0.05) is 69.4 Å². The van der Waals surface area contributed by atoms with Crippen molar-refractivity contribution >= 4 is 35.4 Å². The molecule has 0 aliphatic heterocycles. The number of carboxylic acid groups (broad SMARTS) is 1. The van der Waals surface area contributed by atoms with Gasteiger partial charge in [-0.2, -0.15) is 23.5 Å². The largest absolute Gasteiger partial charge is 1.00 e. The van der Waals surface area contributed by atoms with Crippen LogP contribution in [0.25, 0.3) is 11.1 Å². The number of carboxylic acids is 1. The van der Waals surface area contributed by atoms with Gasteiger partial charge in [0.05, 0.1) is 24.7 Å². The van der Waals surface area contributed by atoms with Gasteiger partial charge in [-0.3, -0.25) is 4.79 Å². The molecule has 208 valence electrons. The first-order valence-electron chi connectivity index (χ1n) is 13.8. The van der Waals surface area contributed by atoms with E-state index in [1.165, 1.54) is 43.9 Å². The van der Waals surface area contributed by atoms with E-state index in [1.807, 2.05) is 61.3 Å². The van der Waals surface area contributed by atoms with Crippen LogP contribution in [-0.4, -0.2) is 47.5 Å². The minimum absolute atomic E-state index is 0. The van der Waals surface area contributed by atoms with Crippen molar-refractivity contribution in [2.45, 2.75) is 77.5 Å². The van der Waals surface area contributed by atoms with E-state index in [0.29, 0.717) is 24.3 Å². The van der Waals surface area contributed by atoms with Crippen molar-refractivity contribution in [3.05, 3.63) is 59.2 Å². The maximum Gasteiger partial charge on any atom is 1.00 e. The number of aryl methyl sites for hydroxylation is 1. The van der Waals surface area contributed by atoms with E-state index in [9.17, 15) is 14.7 Å². The minimum Gasteiger partial charge on any atom is -0.548 e. The zero-order chi connectivity index (χ0) is 27.3. The average Bonchev–Trinajstić information content (AvgIpc) is 2.93. The van der Waals surface area contributed by atoms with Gasteiger partial charge in [-0.25, -0.2) is 0 Å². The van der Waals surface area contributed by atoms with E-state index < -0.39 is 17.9 Å². The van der Waals surface area contributed by atoms with Crippen molar-refractivity contribution in [2.75, 3.05) is 23.5 Å². The van der Waals surface area contributed by atoms with Crippen LogP contribution >= 0.6 is 23.5 Å². The van der Waals surface area contributed by atoms with Crippen molar-refractivity contribution in [2.24, 2.45) is 5.92 Å². The van der Waals surface area contributed by atoms with Gasteiger partial charge in [0.25, 0.3) is 5.91 Å². The molecule has 0 saturated heterocycles. The molecule has 1 saturated carbocycles. The van der Waals surface area contributed by atoms with E-state index in [4.69, 9.17) is 4.74 Å². The number of aliphatic carboxylic acids is 1. The molecule has 0 aromatic heterocycles. The number of hydrogen-bond donors (Lipinski definition) is 1. The molecule has 1 aliphatic rings. The van der Waals surface area contributed by atoms with Crippen molar-refractivity contribution < 1.29 is 38.3 Å². The number of carbonyl (C=O) groups excluding carboxylic acids is 2. The Morgan fingerprint density at radius 2 is 1.85 bits per heavy atom. The Bertz CT molecular complexity index is 1040. The molecule has 8 heteroatoms. The maximum atomic E-state index is 13.3. The third-order valence-electron chi connectivity index (χ3n) is 7.28. The number of hydrogen-bond acceptors (Lipinski definition) is 6. The molecule has 3 rings (SSSR count). The van der Waals surface area contributed by atoms with E-state index in [1.54, 1.807) is 6.07 Å². The van der Waals surface area contributed by atoms with Gasteiger partial charge >= 0.3 is 18.9 Å².